The minimum atomic E-state index is 0.378. The molecule has 0 saturated heterocycles. The molecule has 0 spiro atoms. The first-order valence-electron chi connectivity index (χ1n) is 1.23. The first-order chi connectivity index (χ1) is 3.27. The molecule has 0 fully saturated rings. The summed E-state index contributed by atoms with van der Waals surface area (Å²) < 4.78 is 0.378. The number of hydrogen-bond acceptors (Lipinski definition) is 3. The van der Waals surface area contributed by atoms with Crippen LogP contribution in [0.4, 0.5) is 0 Å². The van der Waals surface area contributed by atoms with Crippen LogP contribution in [0.1, 0.15) is 0 Å². The number of rotatable bonds is 1. The van der Waals surface area contributed by atoms with E-state index in [-0.39, 0.29) is 0 Å². The summed E-state index contributed by atoms with van der Waals surface area (Å²) in [6.45, 7) is 0. The van der Waals surface area contributed by atoms with Crippen LogP contribution in [0.2, 0.25) is 0 Å². The molecule has 0 saturated carbocycles. The lowest BCUT2D eigenvalue weighted by Gasteiger charge is -1.67. The second kappa shape index (κ2) is 4.18. The summed E-state index contributed by atoms with van der Waals surface area (Å²) in [7, 11) is 0. The highest BCUT2D eigenvalue weighted by Gasteiger charge is 1.74. The van der Waals surface area contributed by atoms with Crippen LogP contribution in [-0.4, -0.2) is 9.61 Å². The zero-order chi connectivity index (χ0) is 5.70. The highest BCUT2D eigenvalue weighted by atomic mass is 79.9. The van der Waals surface area contributed by atoms with Crippen LogP contribution >= 0.6 is 31.9 Å². The van der Waals surface area contributed by atoms with Crippen molar-refractivity contribution in [1.82, 2.24) is 0 Å². The smallest absolute Gasteiger partial charge is 0.209 e. The fourth-order valence-electron chi connectivity index (χ4n) is 0.0582. The van der Waals surface area contributed by atoms with Crippen LogP contribution in [0.3, 0.4) is 0 Å². The molecule has 0 aliphatic rings. The molecule has 0 amide bonds. The predicted octanol–water partition coefficient (Wildman–Crippen LogP) is 1.38. The molecule has 7 heavy (non-hydrogen) atoms. The summed E-state index contributed by atoms with van der Waals surface area (Å²) in [6, 6.07) is 0. The Morgan fingerprint density at radius 2 is 2.14 bits per heavy atom. The van der Waals surface area contributed by atoms with Gasteiger partial charge in [0.25, 0.3) is 6.08 Å². The van der Waals surface area contributed by atoms with E-state index in [0.717, 1.165) is 0 Å². The highest BCUT2D eigenvalue weighted by Crippen LogP contribution is 1.96. The van der Waals surface area contributed by atoms with Gasteiger partial charge >= 0.3 is 0 Å². The Kier molecular flexibility index (Phi) is 4.18. The van der Waals surface area contributed by atoms with E-state index in [2.05, 4.69) is 42.1 Å². The fraction of sp³-hybridized carbons (Fsp3) is 0. The molecular weight excluding hydrogens is 228 g/mol. The van der Waals surface area contributed by atoms with Crippen molar-refractivity contribution in [3.8, 4) is 0 Å². The van der Waals surface area contributed by atoms with Crippen molar-refractivity contribution in [3.05, 3.63) is 0 Å². The van der Waals surface area contributed by atoms with Gasteiger partial charge in [0, 0.05) is 0 Å². The molecule has 5 heteroatoms. The molecule has 0 radical (unpaired) electrons. The van der Waals surface area contributed by atoms with Gasteiger partial charge in [0.15, 0.2) is 3.53 Å². The minimum absolute atomic E-state index is 0.378. The lowest BCUT2D eigenvalue weighted by Crippen LogP contribution is -1.60. The minimum Gasteiger partial charge on any atom is -0.209 e. The number of halogens is 2. The molecule has 0 rings (SSSR count). The standard InChI is InChI=1S/C2Br2N2O/c3-2(4)6-5-1-7. The van der Waals surface area contributed by atoms with Gasteiger partial charge in [0.1, 0.15) is 0 Å². The Hall–Kier alpha value is 0.01000. The third-order valence-corrected chi connectivity index (χ3v) is 0.484. The first kappa shape index (κ1) is 7.01. The molecular formula is C2Br2N2O. The normalized spacial score (nSPS) is 6.57. The van der Waals surface area contributed by atoms with E-state index in [1.807, 2.05) is 0 Å². The molecule has 38 valence electrons. The van der Waals surface area contributed by atoms with E-state index in [1.165, 1.54) is 6.08 Å². The predicted molar refractivity (Wildman–Crippen MR) is 33.4 cm³/mol. The molecule has 0 bridgehead atoms. The van der Waals surface area contributed by atoms with E-state index in [1.54, 1.807) is 0 Å². The number of carbonyl (C=O) groups excluding carboxylic acids is 1. The monoisotopic (exact) mass is 226 g/mol. The van der Waals surface area contributed by atoms with Gasteiger partial charge in [-0.3, -0.25) is 0 Å². The summed E-state index contributed by atoms with van der Waals surface area (Å²) in [6.07, 6.45) is 1.23. The second-order valence-electron chi connectivity index (χ2n) is 0.532. The van der Waals surface area contributed by atoms with Gasteiger partial charge < -0.3 is 0 Å². The molecule has 0 aromatic rings. The van der Waals surface area contributed by atoms with Gasteiger partial charge in [-0.2, -0.15) is 0 Å². The molecule has 0 N–H and O–H groups in total. The average Bonchev–Trinajstić information content (AvgIpc) is 1.61. The van der Waals surface area contributed by atoms with E-state index >= 15 is 0 Å². The largest absolute Gasteiger partial charge is 0.260 e. The number of nitrogens with zero attached hydrogens (tertiary/aromatic N) is 2. The Balaban J connectivity index is 3.69. The lowest BCUT2D eigenvalue weighted by molar-refractivity contribution is 0.563. The van der Waals surface area contributed by atoms with Crippen LogP contribution in [0.15, 0.2) is 10.2 Å². The Labute approximate surface area is 56.8 Å². The van der Waals surface area contributed by atoms with E-state index in [4.69, 9.17) is 0 Å². The van der Waals surface area contributed by atoms with Gasteiger partial charge in [0.2, 0.25) is 0 Å². The van der Waals surface area contributed by atoms with E-state index in [0.29, 0.717) is 3.53 Å². The van der Waals surface area contributed by atoms with Crippen LogP contribution in [0, 0.1) is 0 Å². The van der Waals surface area contributed by atoms with Gasteiger partial charge in [-0.05, 0) is 31.9 Å². The maximum absolute atomic E-state index is 9.27. The maximum atomic E-state index is 9.27. The summed E-state index contributed by atoms with van der Waals surface area (Å²) in [4.78, 5) is 9.27. The van der Waals surface area contributed by atoms with Gasteiger partial charge in [0.05, 0.1) is 0 Å². The number of isocyanates is 1. The third kappa shape index (κ3) is 6.01. The van der Waals surface area contributed by atoms with Crippen LogP contribution < -0.4 is 0 Å². The summed E-state index contributed by atoms with van der Waals surface area (Å²) >= 11 is 5.74. The molecule has 3 nitrogen and oxygen atoms in total. The summed E-state index contributed by atoms with van der Waals surface area (Å²) in [5, 5.41) is 6.05. The van der Waals surface area contributed by atoms with Crippen molar-refractivity contribution in [2.24, 2.45) is 10.2 Å². The van der Waals surface area contributed by atoms with Crippen molar-refractivity contribution in [2.45, 2.75) is 0 Å². The number of hydrogen-bond donors (Lipinski definition) is 0. The third-order valence-electron chi connectivity index (χ3n) is 0.166. The van der Waals surface area contributed by atoms with E-state index < -0.39 is 0 Å². The highest BCUT2D eigenvalue weighted by molar-refractivity contribution is 9.39. The molecule has 0 aliphatic heterocycles. The zero-order valence-electron chi connectivity index (χ0n) is 3.06. The van der Waals surface area contributed by atoms with Crippen LogP contribution in [0.5, 0.6) is 0 Å². The summed E-state index contributed by atoms with van der Waals surface area (Å²) in [5.74, 6) is 0. The van der Waals surface area contributed by atoms with Crippen molar-refractivity contribution in [3.63, 3.8) is 0 Å². The summed E-state index contributed by atoms with van der Waals surface area (Å²) in [5.41, 5.74) is 0. The Morgan fingerprint density at radius 1 is 1.57 bits per heavy atom. The zero-order valence-corrected chi connectivity index (χ0v) is 6.23. The SMILES string of the molecule is O=C=NN=C(Br)Br. The Morgan fingerprint density at radius 3 is 2.29 bits per heavy atom. The van der Waals surface area contributed by atoms with Crippen LogP contribution in [0.25, 0.3) is 0 Å². The average molecular weight is 228 g/mol. The van der Waals surface area contributed by atoms with Gasteiger partial charge in [-0.15, -0.1) is 5.10 Å². The fourth-order valence-corrected chi connectivity index (χ4v) is 0.217. The van der Waals surface area contributed by atoms with Crippen molar-refractivity contribution >= 4 is 41.5 Å². The molecule has 0 aliphatic carbocycles. The van der Waals surface area contributed by atoms with Gasteiger partial charge in [-0.25, -0.2) is 4.79 Å². The quantitative estimate of drug-likeness (QED) is 0.379. The van der Waals surface area contributed by atoms with Crippen molar-refractivity contribution in [1.29, 1.82) is 0 Å². The van der Waals surface area contributed by atoms with Crippen LogP contribution in [-0.2, 0) is 4.79 Å². The van der Waals surface area contributed by atoms with E-state index in [9.17, 15) is 4.79 Å². The molecule has 0 unspecified atom stereocenters. The molecule has 0 aromatic heterocycles. The van der Waals surface area contributed by atoms with Gasteiger partial charge in [-0.1, -0.05) is 5.10 Å². The van der Waals surface area contributed by atoms with Crippen molar-refractivity contribution in [2.75, 3.05) is 0 Å². The maximum Gasteiger partial charge on any atom is 0.260 e. The first-order valence-corrected chi connectivity index (χ1v) is 2.82. The molecule has 0 atom stereocenters. The van der Waals surface area contributed by atoms with Crippen molar-refractivity contribution < 1.29 is 4.79 Å². The Bertz CT molecular complexity index is 122. The molecule has 0 aromatic carbocycles. The second-order valence-corrected chi connectivity index (χ2v) is 3.10. The molecule has 0 heterocycles. The topological polar surface area (TPSA) is 41.8 Å². The lowest BCUT2D eigenvalue weighted by atomic mass is 11.6.